The average molecular weight is 537 g/mol. The summed E-state index contributed by atoms with van der Waals surface area (Å²) in [7, 11) is -4.06. The molecule has 3 unspecified atom stereocenters. The summed E-state index contributed by atoms with van der Waals surface area (Å²) in [5.41, 5.74) is 5.32. The molecule has 1 aliphatic carbocycles. The van der Waals surface area contributed by atoms with Gasteiger partial charge in [0.1, 0.15) is 5.82 Å². The van der Waals surface area contributed by atoms with Gasteiger partial charge in [0.15, 0.2) is 6.29 Å². The van der Waals surface area contributed by atoms with Crippen LogP contribution in [0.25, 0.3) is 17.2 Å². The number of hydrogen-bond acceptors (Lipinski definition) is 6. The van der Waals surface area contributed by atoms with Crippen LogP contribution in [0, 0.1) is 5.82 Å². The van der Waals surface area contributed by atoms with Crippen LogP contribution in [0.5, 0.6) is 0 Å². The van der Waals surface area contributed by atoms with E-state index in [0.717, 1.165) is 38.3 Å². The molecule has 9 heteroatoms. The van der Waals surface area contributed by atoms with Gasteiger partial charge in [-0.05, 0) is 90.4 Å². The topological polar surface area (TPSA) is 82.1 Å². The Kier molecular flexibility index (Phi) is 10.4. The Balaban J connectivity index is 1.65. The highest BCUT2D eigenvalue weighted by molar-refractivity contribution is 7.84. The molecule has 36 heavy (non-hydrogen) atoms. The molecule has 2 aromatic carbocycles. The first-order valence-electron chi connectivity index (χ1n) is 11.9. The van der Waals surface area contributed by atoms with Gasteiger partial charge in [-0.2, -0.15) is 0 Å². The molecule has 3 atom stereocenters. The average Bonchev–Trinajstić information content (AvgIpc) is 3.06. The van der Waals surface area contributed by atoms with Crippen molar-refractivity contribution < 1.29 is 32.1 Å². The maximum Gasteiger partial charge on any atom is 0.327 e. The molecule has 0 fully saturated rings. The van der Waals surface area contributed by atoms with E-state index < -0.39 is 24.7 Å². The summed E-state index contributed by atoms with van der Waals surface area (Å²) in [6, 6.07) is 12.2. The summed E-state index contributed by atoms with van der Waals surface area (Å²) in [6.07, 6.45) is 4.06. The van der Waals surface area contributed by atoms with Gasteiger partial charge in [-0.15, -0.1) is 0 Å². The molecule has 0 radical (unpaired) electrons. The van der Waals surface area contributed by atoms with Crippen LogP contribution < -0.4 is 0 Å². The molecule has 6 nitrogen and oxygen atoms in total. The second-order valence-electron chi connectivity index (χ2n) is 8.63. The van der Waals surface area contributed by atoms with Gasteiger partial charge in [0, 0.05) is 41.6 Å². The summed E-state index contributed by atoms with van der Waals surface area (Å²) < 4.78 is 53.7. The first-order chi connectivity index (χ1) is 17.1. The van der Waals surface area contributed by atoms with Crippen molar-refractivity contribution >= 4 is 35.6 Å². The number of aliphatic hydroxyl groups is 1. The normalized spacial score (nSPS) is 17.8. The highest BCUT2D eigenvalue weighted by Crippen LogP contribution is 2.45. The van der Waals surface area contributed by atoms with Crippen LogP contribution in [0.4, 0.5) is 4.39 Å². The lowest BCUT2D eigenvalue weighted by molar-refractivity contribution is -0.0955. The van der Waals surface area contributed by atoms with E-state index in [4.69, 9.17) is 13.8 Å². The Bertz CT molecular complexity index is 1190. The lowest BCUT2D eigenvalue weighted by Gasteiger charge is -2.15. The monoisotopic (exact) mass is 536 g/mol. The fourth-order valence-corrected chi connectivity index (χ4v) is 5.62. The minimum Gasteiger partial charge on any atom is -0.368 e. The van der Waals surface area contributed by atoms with Crippen LogP contribution in [0.2, 0.25) is 0 Å². The van der Waals surface area contributed by atoms with E-state index in [9.17, 15) is 18.3 Å². The molecule has 2 aromatic rings. The third-order valence-corrected chi connectivity index (χ3v) is 8.21. The van der Waals surface area contributed by atoms with Gasteiger partial charge in [0.05, 0.1) is 13.2 Å². The molecule has 0 heterocycles. The van der Waals surface area contributed by atoms with Crippen molar-refractivity contribution in [3.63, 3.8) is 0 Å². The van der Waals surface area contributed by atoms with Crippen LogP contribution in [0.1, 0.15) is 49.8 Å². The molecule has 3 rings (SSSR count). The van der Waals surface area contributed by atoms with Crippen molar-refractivity contribution in [1.82, 2.24) is 0 Å². The molecule has 1 N–H and O–H groups in total. The largest absolute Gasteiger partial charge is 0.368 e. The lowest BCUT2D eigenvalue weighted by atomic mass is 10.0. The van der Waals surface area contributed by atoms with Gasteiger partial charge in [-0.25, -0.2) is 4.39 Å². The third-order valence-electron chi connectivity index (χ3n) is 5.89. The van der Waals surface area contributed by atoms with Crippen LogP contribution in [-0.2, 0) is 29.1 Å². The van der Waals surface area contributed by atoms with Gasteiger partial charge in [-0.3, -0.25) is 8.77 Å². The minimum atomic E-state index is -3.01. The number of aliphatic hydroxyl groups excluding tert-OH is 1. The number of ether oxygens (including phenoxy) is 1. The van der Waals surface area contributed by atoms with Crippen molar-refractivity contribution in [1.29, 1.82) is 0 Å². The zero-order valence-electron chi connectivity index (χ0n) is 21.2. The molecule has 196 valence electrons. The van der Waals surface area contributed by atoms with E-state index >= 15 is 0 Å². The second kappa shape index (κ2) is 13.0. The standard InChI is InChI=1S/C27H34FO6PS/c1-5-33-35(3,30)34-15-7-6-14-32-27(29)18-25-19(2)24(23-13-10-21(28)17-26(23)25)16-20-8-11-22(12-9-20)36(4)31/h8-13,16-17,27,29H,5-7,14-15,18H2,1-4H3/b24-16-. The molecule has 0 spiro atoms. The van der Waals surface area contributed by atoms with Crippen LogP contribution in [-0.4, -0.2) is 48.3 Å². The van der Waals surface area contributed by atoms with E-state index in [1.807, 2.05) is 37.3 Å². The second-order valence-corrected chi connectivity index (χ2v) is 12.1. The first kappa shape index (κ1) is 28.6. The number of halogens is 1. The zero-order valence-corrected chi connectivity index (χ0v) is 22.9. The van der Waals surface area contributed by atoms with Gasteiger partial charge < -0.3 is 18.9 Å². The van der Waals surface area contributed by atoms with E-state index in [2.05, 4.69) is 0 Å². The number of allylic oxidation sites excluding steroid dienone is 2. The van der Waals surface area contributed by atoms with Gasteiger partial charge >= 0.3 is 7.60 Å². The number of benzene rings is 2. The van der Waals surface area contributed by atoms with Crippen LogP contribution in [0.15, 0.2) is 52.9 Å². The molecule has 0 bridgehead atoms. The van der Waals surface area contributed by atoms with Crippen molar-refractivity contribution in [3.8, 4) is 0 Å². The van der Waals surface area contributed by atoms with E-state index in [1.165, 1.54) is 18.8 Å². The third kappa shape index (κ3) is 7.78. The summed E-state index contributed by atoms with van der Waals surface area (Å²) in [4.78, 5) is 0.754. The van der Waals surface area contributed by atoms with Crippen molar-refractivity contribution in [2.24, 2.45) is 0 Å². The summed E-state index contributed by atoms with van der Waals surface area (Å²) in [5, 5.41) is 10.5. The van der Waals surface area contributed by atoms with Gasteiger partial charge in [0.25, 0.3) is 0 Å². The smallest absolute Gasteiger partial charge is 0.327 e. The van der Waals surface area contributed by atoms with Crippen LogP contribution >= 0.6 is 7.60 Å². The molecule has 0 saturated carbocycles. The predicted molar refractivity (Wildman–Crippen MR) is 143 cm³/mol. The van der Waals surface area contributed by atoms with Crippen molar-refractivity contribution in [3.05, 3.63) is 70.5 Å². The van der Waals surface area contributed by atoms with Gasteiger partial charge in [-0.1, -0.05) is 18.2 Å². The molecule has 0 saturated heterocycles. The van der Waals surface area contributed by atoms with E-state index in [0.29, 0.717) is 26.1 Å². The Labute approximate surface area is 215 Å². The number of hydrogen-bond donors (Lipinski definition) is 1. The molecule has 0 aliphatic heterocycles. The lowest BCUT2D eigenvalue weighted by Crippen LogP contribution is -2.14. The van der Waals surface area contributed by atoms with Crippen molar-refractivity contribution in [2.75, 3.05) is 32.7 Å². The highest BCUT2D eigenvalue weighted by Gasteiger charge is 2.26. The van der Waals surface area contributed by atoms with Crippen molar-refractivity contribution in [2.45, 2.75) is 44.3 Å². The fourth-order valence-electron chi connectivity index (χ4n) is 4.10. The van der Waals surface area contributed by atoms with E-state index in [-0.39, 0.29) is 18.8 Å². The highest BCUT2D eigenvalue weighted by atomic mass is 32.2. The van der Waals surface area contributed by atoms with Gasteiger partial charge in [0.2, 0.25) is 0 Å². The number of rotatable bonds is 13. The molecule has 1 aliphatic rings. The maximum atomic E-state index is 14.1. The minimum absolute atomic E-state index is 0.221. The van der Waals surface area contributed by atoms with Crippen LogP contribution in [0.3, 0.4) is 0 Å². The van der Waals surface area contributed by atoms with E-state index in [1.54, 1.807) is 19.2 Å². The summed E-state index contributed by atoms with van der Waals surface area (Å²) >= 11 is 0. The first-order valence-corrected chi connectivity index (χ1v) is 15.5. The Morgan fingerprint density at radius 3 is 2.44 bits per heavy atom. The summed E-state index contributed by atoms with van der Waals surface area (Å²) in [6.45, 7) is 6.09. The maximum absolute atomic E-state index is 14.1. The number of fused-ring (bicyclic) bond motifs is 1. The molecule has 0 amide bonds. The zero-order chi connectivity index (χ0) is 26.3. The Hall–Kier alpha value is -1.93. The quantitative estimate of drug-likeness (QED) is 0.185. The predicted octanol–water partition coefficient (Wildman–Crippen LogP) is 6.27. The Morgan fingerprint density at radius 2 is 1.78 bits per heavy atom. The Morgan fingerprint density at radius 1 is 1.08 bits per heavy atom. The molecular formula is C27H34FO6PS. The fraction of sp³-hybridized carbons (Fsp3) is 0.407. The summed E-state index contributed by atoms with van der Waals surface area (Å²) in [5.74, 6) is -0.342. The SMILES string of the molecule is CCOP(C)(=O)OCCCCOC(O)CC1=C(C)/C(=C/c2ccc(S(C)=O)cc2)c2ccc(F)cc21. The number of unbranched alkanes of at least 4 members (excludes halogenated alkanes) is 1. The molecular weight excluding hydrogens is 502 g/mol. The molecule has 0 aromatic heterocycles.